The maximum absolute atomic E-state index is 5.69. The summed E-state index contributed by atoms with van der Waals surface area (Å²) in [6.07, 6.45) is 3.67. The third-order valence-electron chi connectivity index (χ3n) is 1.51. The predicted octanol–water partition coefficient (Wildman–Crippen LogP) is 3.04. The van der Waals surface area contributed by atoms with Crippen LogP contribution in [0.1, 0.15) is 4.88 Å². The summed E-state index contributed by atoms with van der Waals surface area (Å²) in [5.41, 5.74) is 0. The van der Waals surface area contributed by atoms with Crippen molar-refractivity contribution in [2.24, 2.45) is 0 Å². The van der Waals surface area contributed by atoms with Crippen molar-refractivity contribution in [2.45, 2.75) is 5.88 Å². The first-order valence-electron chi connectivity index (χ1n) is 3.28. The SMILES string of the molecule is ClCc1cc2ccncc2s1. The molecule has 0 bridgehead atoms. The largest absolute Gasteiger partial charge is 0.263 e. The second kappa shape index (κ2) is 2.80. The number of fused-ring (bicyclic) bond motifs is 1. The highest BCUT2D eigenvalue weighted by Gasteiger charge is 1.98. The maximum atomic E-state index is 5.69. The van der Waals surface area contributed by atoms with E-state index in [0.29, 0.717) is 5.88 Å². The fraction of sp³-hybridized carbons (Fsp3) is 0.125. The van der Waals surface area contributed by atoms with Gasteiger partial charge in [-0.15, -0.1) is 22.9 Å². The van der Waals surface area contributed by atoms with Gasteiger partial charge in [0, 0.05) is 17.3 Å². The highest BCUT2D eigenvalue weighted by atomic mass is 35.5. The lowest BCUT2D eigenvalue weighted by Crippen LogP contribution is -1.64. The van der Waals surface area contributed by atoms with Crippen LogP contribution in [-0.4, -0.2) is 4.98 Å². The van der Waals surface area contributed by atoms with Crippen LogP contribution in [0.3, 0.4) is 0 Å². The first-order valence-corrected chi connectivity index (χ1v) is 4.63. The Bertz CT molecular complexity index is 336. The van der Waals surface area contributed by atoms with Crippen LogP contribution >= 0.6 is 22.9 Å². The molecule has 11 heavy (non-hydrogen) atoms. The van der Waals surface area contributed by atoms with Gasteiger partial charge in [0.05, 0.1) is 10.6 Å². The van der Waals surface area contributed by atoms with E-state index in [4.69, 9.17) is 11.6 Å². The Morgan fingerprint density at radius 2 is 2.45 bits per heavy atom. The first-order chi connectivity index (χ1) is 5.40. The number of nitrogens with zero attached hydrogens (tertiary/aromatic N) is 1. The zero-order valence-corrected chi connectivity index (χ0v) is 7.32. The van der Waals surface area contributed by atoms with Crippen molar-refractivity contribution in [2.75, 3.05) is 0 Å². The standard InChI is InChI=1S/C8H6ClNS/c9-4-7-3-6-1-2-10-5-8(6)11-7/h1-3,5H,4H2. The summed E-state index contributed by atoms with van der Waals surface area (Å²) in [4.78, 5) is 5.23. The van der Waals surface area contributed by atoms with Crippen LogP contribution in [0.25, 0.3) is 10.1 Å². The van der Waals surface area contributed by atoms with E-state index >= 15 is 0 Å². The molecule has 0 fully saturated rings. The summed E-state index contributed by atoms with van der Waals surface area (Å²) >= 11 is 7.39. The molecule has 0 N–H and O–H groups in total. The van der Waals surface area contributed by atoms with E-state index in [1.807, 2.05) is 12.3 Å². The molecule has 2 aromatic heterocycles. The molecule has 2 aromatic rings. The van der Waals surface area contributed by atoms with Crippen LogP contribution in [0, 0.1) is 0 Å². The molecule has 0 amide bonds. The maximum Gasteiger partial charge on any atom is 0.0568 e. The highest BCUT2D eigenvalue weighted by molar-refractivity contribution is 7.19. The van der Waals surface area contributed by atoms with Gasteiger partial charge in [-0.2, -0.15) is 0 Å². The van der Waals surface area contributed by atoms with Crippen molar-refractivity contribution >= 4 is 33.0 Å². The molecule has 0 radical (unpaired) electrons. The summed E-state index contributed by atoms with van der Waals surface area (Å²) in [6.45, 7) is 0. The number of hydrogen-bond donors (Lipinski definition) is 0. The van der Waals surface area contributed by atoms with Gasteiger partial charge in [0.1, 0.15) is 0 Å². The molecule has 0 atom stereocenters. The lowest BCUT2D eigenvalue weighted by atomic mass is 10.3. The quantitative estimate of drug-likeness (QED) is 0.620. The number of hydrogen-bond acceptors (Lipinski definition) is 2. The van der Waals surface area contributed by atoms with Crippen molar-refractivity contribution in [1.82, 2.24) is 4.98 Å². The van der Waals surface area contributed by atoms with Crippen molar-refractivity contribution in [1.29, 1.82) is 0 Å². The topological polar surface area (TPSA) is 12.9 Å². The number of thiophene rings is 1. The molecule has 56 valence electrons. The Morgan fingerprint density at radius 3 is 3.18 bits per heavy atom. The van der Waals surface area contributed by atoms with Crippen LogP contribution in [0.15, 0.2) is 24.5 Å². The first kappa shape index (κ1) is 7.07. The molecule has 3 heteroatoms. The van der Waals surface area contributed by atoms with E-state index in [2.05, 4.69) is 11.1 Å². The molecule has 2 rings (SSSR count). The van der Waals surface area contributed by atoms with Crippen LogP contribution in [0.5, 0.6) is 0 Å². The molecule has 2 heterocycles. The second-order valence-corrected chi connectivity index (χ2v) is 3.70. The minimum Gasteiger partial charge on any atom is -0.263 e. The molecule has 0 saturated heterocycles. The lowest BCUT2D eigenvalue weighted by Gasteiger charge is -1.81. The Balaban J connectivity index is 2.69. The average Bonchev–Trinajstić information content (AvgIpc) is 2.46. The van der Waals surface area contributed by atoms with Gasteiger partial charge in [0.2, 0.25) is 0 Å². The third kappa shape index (κ3) is 1.24. The van der Waals surface area contributed by atoms with Crippen LogP contribution in [0.4, 0.5) is 0 Å². The van der Waals surface area contributed by atoms with Gasteiger partial charge in [-0.25, -0.2) is 0 Å². The van der Waals surface area contributed by atoms with Crippen molar-refractivity contribution in [3.8, 4) is 0 Å². The summed E-state index contributed by atoms with van der Waals surface area (Å²) in [6, 6.07) is 4.11. The van der Waals surface area contributed by atoms with E-state index in [1.165, 1.54) is 15.0 Å². The van der Waals surface area contributed by atoms with Gasteiger partial charge in [-0.3, -0.25) is 4.98 Å². The smallest absolute Gasteiger partial charge is 0.0568 e. The highest BCUT2D eigenvalue weighted by Crippen LogP contribution is 2.25. The average molecular weight is 184 g/mol. The summed E-state index contributed by atoms with van der Waals surface area (Å²) in [7, 11) is 0. The second-order valence-electron chi connectivity index (χ2n) is 2.26. The van der Waals surface area contributed by atoms with E-state index in [0.717, 1.165) is 0 Å². The van der Waals surface area contributed by atoms with Crippen molar-refractivity contribution in [3.63, 3.8) is 0 Å². The molecular weight excluding hydrogens is 178 g/mol. The minimum atomic E-state index is 0.597. The molecule has 0 saturated carbocycles. The molecule has 0 spiro atoms. The Labute approximate surface area is 73.6 Å². The van der Waals surface area contributed by atoms with E-state index in [1.54, 1.807) is 17.5 Å². The van der Waals surface area contributed by atoms with Gasteiger partial charge in [-0.05, 0) is 17.5 Å². The van der Waals surface area contributed by atoms with Crippen LogP contribution < -0.4 is 0 Å². The van der Waals surface area contributed by atoms with E-state index in [-0.39, 0.29) is 0 Å². The molecule has 0 aromatic carbocycles. The Kier molecular flexibility index (Phi) is 1.80. The number of halogens is 1. The normalized spacial score (nSPS) is 10.6. The molecule has 0 aliphatic heterocycles. The van der Waals surface area contributed by atoms with Gasteiger partial charge in [-0.1, -0.05) is 0 Å². The molecule has 1 nitrogen and oxygen atoms in total. The third-order valence-corrected chi connectivity index (χ3v) is 3.04. The fourth-order valence-corrected chi connectivity index (χ4v) is 2.13. The molecular formula is C8H6ClNS. The zero-order chi connectivity index (χ0) is 7.68. The molecule has 0 unspecified atom stereocenters. The summed E-state index contributed by atoms with van der Waals surface area (Å²) in [5, 5.41) is 1.24. The Morgan fingerprint density at radius 1 is 1.55 bits per heavy atom. The monoisotopic (exact) mass is 183 g/mol. The number of rotatable bonds is 1. The number of alkyl halides is 1. The summed E-state index contributed by atoms with van der Waals surface area (Å²) in [5.74, 6) is 0.597. The Hall–Kier alpha value is -0.600. The van der Waals surface area contributed by atoms with Crippen LogP contribution in [-0.2, 0) is 5.88 Å². The molecule has 0 aliphatic carbocycles. The van der Waals surface area contributed by atoms with Gasteiger partial charge in [0.15, 0.2) is 0 Å². The number of aromatic nitrogens is 1. The van der Waals surface area contributed by atoms with Crippen molar-refractivity contribution < 1.29 is 0 Å². The van der Waals surface area contributed by atoms with Crippen molar-refractivity contribution in [3.05, 3.63) is 29.4 Å². The van der Waals surface area contributed by atoms with Gasteiger partial charge < -0.3 is 0 Å². The summed E-state index contributed by atoms with van der Waals surface area (Å²) < 4.78 is 1.21. The molecule has 0 aliphatic rings. The van der Waals surface area contributed by atoms with Gasteiger partial charge >= 0.3 is 0 Å². The predicted molar refractivity (Wildman–Crippen MR) is 49.2 cm³/mol. The lowest BCUT2D eigenvalue weighted by molar-refractivity contribution is 1.37. The van der Waals surface area contributed by atoms with E-state index < -0.39 is 0 Å². The fourth-order valence-electron chi connectivity index (χ4n) is 1.01. The zero-order valence-electron chi connectivity index (χ0n) is 5.75. The minimum absolute atomic E-state index is 0.597. The van der Waals surface area contributed by atoms with Gasteiger partial charge in [0.25, 0.3) is 0 Å². The van der Waals surface area contributed by atoms with E-state index in [9.17, 15) is 0 Å². The van der Waals surface area contributed by atoms with Crippen LogP contribution in [0.2, 0.25) is 0 Å². The number of pyridine rings is 1.